The number of fused-ring (bicyclic) bond motifs is 1. The van der Waals surface area contributed by atoms with Crippen LogP contribution in [0.1, 0.15) is 36.2 Å². The Morgan fingerprint density at radius 3 is 2.59 bits per heavy atom. The van der Waals surface area contributed by atoms with Gasteiger partial charge < -0.3 is 9.73 Å². The molecule has 0 aliphatic rings. The lowest BCUT2D eigenvalue weighted by Gasteiger charge is -2.18. The number of furan rings is 1. The van der Waals surface area contributed by atoms with E-state index in [-0.39, 0.29) is 18.0 Å². The summed E-state index contributed by atoms with van der Waals surface area (Å²) >= 11 is 1.72. The van der Waals surface area contributed by atoms with E-state index in [1.165, 1.54) is 10.3 Å². The summed E-state index contributed by atoms with van der Waals surface area (Å²) in [7, 11) is 0. The number of nitrogens with zero attached hydrogens (tertiary/aromatic N) is 1. The first-order valence-corrected chi connectivity index (χ1v) is 10.4. The second-order valence-corrected chi connectivity index (χ2v) is 8.18. The van der Waals surface area contributed by atoms with Crippen molar-refractivity contribution in [2.24, 2.45) is 0 Å². The lowest BCUT2D eigenvalue weighted by atomic mass is 10.1. The van der Waals surface area contributed by atoms with Gasteiger partial charge in [0.15, 0.2) is 0 Å². The Morgan fingerprint density at radius 1 is 1.07 bits per heavy atom. The number of thiazole rings is 1. The number of carbonyl (C=O) groups is 1. The van der Waals surface area contributed by atoms with Crippen LogP contribution in [0.4, 0.5) is 5.69 Å². The van der Waals surface area contributed by atoms with Gasteiger partial charge in [0.1, 0.15) is 5.76 Å². The molecular formula is C23H23N3O2S. The highest BCUT2D eigenvalue weighted by Crippen LogP contribution is 2.24. The van der Waals surface area contributed by atoms with Crippen LogP contribution in [0.5, 0.6) is 0 Å². The molecule has 5 nitrogen and oxygen atoms in total. The summed E-state index contributed by atoms with van der Waals surface area (Å²) < 4.78 is 6.58. The largest absolute Gasteiger partial charge is 0.468 e. The van der Waals surface area contributed by atoms with Gasteiger partial charge >= 0.3 is 0 Å². The van der Waals surface area contributed by atoms with Crippen molar-refractivity contribution >= 4 is 33.1 Å². The van der Waals surface area contributed by atoms with Gasteiger partial charge in [-0.1, -0.05) is 24.3 Å². The molecule has 1 amide bonds. The highest BCUT2D eigenvalue weighted by atomic mass is 32.1. The molecule has 0 aliphatic heterocycles. The zero-order valence-electron chi connectivity index (χ0n) is 16.4. The van der Waals surface area contributed by atoms with Crippen LogP contribution in [0.3, 0.4) is 0 Å². The van der Waals surface area contributed by atoms with Crippen molar-refractivity contribution in [3.63, 3.8) is 0 Å². The Kier molecular flexibility index (Phi) is 5.74. The molecule has 0 spiro atoms. The summed E-state index contributed by atoms with van der Waals surface area (Å²) in [4.78, 5) is 17.2. The molecule has 2 N–H and O–H groups in total. The summed E-state index contributed by atoms with van der Waals surface area (Å²) in [5.41, 5.74) is 2.99. The van der Waals surface area contributed by atoms with E-state index in [0.29, 0.717) is 0 Å². The van der Waals surface area contributed by atoms with Crippen molar-refractivity contribution in [2.45, 2.75) is 32.4 Å². The van der Waals surface area contributed by atoms with Crippen LogP contribution in [0.2, 0.25) is 0 Å². The molecule has 2 aromatic heterocycles. The molecule has 2 unspecified atom stereocenters. The zero-order chi connectivity index (χ0) is 20.2. The van der Waals surface area contributed by atoms with Gasteiger partial charge in [0.25, 0.3) is 0 Å². The number of anilines is 1. The fourth-order valence-electron chi connectivity index (χ4n) is 3.20. The van der Waals surface area contributed by atoms with Gasteiger partial charge in [0, 0.05) is 12.1 Å². The number of rotatable bonds is 7. The number of hydrogen-bond donors (Lipinski definition) is 2. The molecule has 4 rings (SSSR count). The Hall–Kier alpha value is -2.96. The molecule has 0 saturated heterocycles. The quantitative estimate of drug-likeness (QED) is 0.446. The minimum Gasteiger partial charge on any atom is -0.468 e. The van der Waals surface area contributed by atoms with Crippen LogP contribution in [0.25, 0.3) is 10.2 Å². The molecule has 6 heteroatoms. The van der Waals surface area contributed by atoms with E-state index in [9.17, 15) is 4.79 Å². The Balaban J connectivity index is 1.34. The standard InChI is InChI=1S/C23H23N3O2S/c1-15(20-7-5-13-28-20)24-16(2)23(27)25-18-11-9-17(10-12-18)14-22-26-19-6-3-4-8-21(19)29-22/h3-13,15-16,24H,14H2,1-2H3,(H,25,27). The number of benzene rings is 2. The highest BCUT2D eigenvalue weighted by Gasteiger charge is 2.17. The number of aromatic nitrogens is 1. The van der Waals surface area contributed by atoms with Gasteiger partial charge in [-0.15, -0.1) is 11.3 Å². The van der Waals surface area contributed by atoms with E-state index in [1.807, 2.05) is 68.4 Å². The van der Waals surface area contributed by atoms with Gasteiger partial charge in [-0.3, -0.25) is 10.1 Å². The number of para-hydroxylation sites is 1. The summed E-state index contributed by atoms with van der Waals surface area (Å²) in [6, 6.07) is 19.5. The molecule has 0 bridgehead atoms. The van der Waals surface area contributed by atoms with Crippen LogP contribution < -0.4 is 10.6 Å². The molecule has 29 heavy (non-hydrogen) atoms. The number of hydrogen-bond acceptors (Lipinski definition) is 5. The first-order valence-electron chi connectivity index (χ1n) is 9.62. The molecule has 4 aromatic rings. The fraction of sp³-hybridized carbons (Fsp3) is 0.217. The first-order chi connectivity index (χ1) is 14.1. The third kappa shape index (κ3) is 4.72. The maximum atomic E-state index is 12.5. The molecule has 0 saturated carbocycles. The SMILES string of the molecule is CC(NC(C)c1ccco1)C(=O)Nc1ccc(Cc2nc3ccccc3s2)cc1. The number of carbonyl (C=O) groups excluding carboxylic acids is 1. The smallest absolute Gasteiger partial charge is 0.241 e. The monoisotopic (exact) mass is 405 g/mol. The second kappa shape index (κ2) is 8.59. The molecule has 0 aliphatic carbocycles. The second-order valence-electron chi connectivity index (χ2n) is 7.06. The van der Waals surface area contributed by atoms with E-state index in [2.05, 4.69) is 21.7 Å². The van der Waals surface area contributed by atoms with Gasteiger partial charge in [-0.2, -0.15) is 0 Å². The van der Waals surface area contributed by atoms with Crippen molar-refractivity contribution in [3.05, 3.63) is 83.3 Å². The third-order valence-electron chi connectivity index (χ3n) is 4.78. The molecule has 148 valence electrons. The molecule has 0 fully saturated rings. The van der Waals surface area contributed by atoms with E-state index in [0.717, 1.165) is 28.4 Å². The predicted octanol–water partition coefficient (Wildman–Crippen LogP) is 5.16. The lowest BCUT2D eigenvalue weighted by Crippen LogP contribution is -2.39. The van der Waals surface area contributed by atoms with Crippen LogP contribution in [0, 0.1) is 0 Å². The minimum absolute atomic E-state index is 0.0399. The number of nitrogens with one attached hydrogen (secondary N) is 2. The van der Waals surface area contributed by atoms with Crippen molar-refractivity contribution in [1.82, 2.24) is 10.3 Å². The minimum atomic E-state index is -0.350. The Bertz CT molecular complexity index is 1050. The lowest BCUT2D eigenvalue weighted by molar-refractivity contribution is -0.118. The van der Waals surface area contributed by atoms with Crippen molar-refractivity contribution in [2.75, 3.05) is 5.32 Å². The van der Waals surface area contributed by atoms with Gasteiger partial charge in [-0.25, -0.2) is 4.98 Å². The Labute approximate surface area is 173 Å². The summed E-state index contributed by atoms with van der Waals surface area (Å²) in [5.74, 6) is 0.728. The summed E-state index contributed by atoms with van der Waals surface area (Å²) in [5, 5.41) is 7.30. The average Bonchev–Trinajstić information content (AvgIpc) is 3.39. The van der Waals surface area contributed by atoms with Crippen molar-refractivity contribution in [1.29, 1.82) is 0 Å². The summed E-state index contributed by atoms with van der Waals surface area (Å²) in [6.45, 7) is 3.82. The van der Waals surface area contributed by atoms with E-state index in [1.54, 1.807) is 17.6 Å². The third-order valence-corrected chi connectivity index (χ3v) is 5.81. The van der Waals surface area contributed by atoms with Crippen LogP contribution in [-0.2, 0) is 11.2 Å². The van der Waals surface area contributed by atoms with Crippen LogP contribution in [0.15, 0.2) is 71.3 Å². The van der Waals surface area contributed by atoms with E-state index >= 15 is 0 Å². The number of amides is 1. The van der Waals surface area contributed by atoms with Crippen molar-refractivity contribution in [3.8, 4) is 0 Å². The van der Waals surface area contributed by atoms with Crippen LogP contribution in [-0.4, -0.2) is 16.9 Å². The molecule has 2 atom stereocenters. The normalized spacial score (nSPS) is 13.3. The maximum absolute atomic E-state index is 12.5. The fourth-order valence-corrected chi connectivity index (χ4v) is 4.20. The molecule has 2 aromatic carbocycles. The molecule has 2 heterocycles. The highest BCUT2D eigenvalue weighted by molar-refractivity contribution is 7.18. The van der Waals surface area contributed by atoms with Crippen LogP contribution >= 0.6 is 11.3 Å². The van der Waals surface area contributed by atoms with Gasteiger partial charge in [0.2, 0.25) is 5.91 Å². The van der Waals surface area contributed by atoms with E-state index in [4.69, 9.17) is 4.42 Å². The topological polar surface area (TPSA) is 67.2 Å². The first kappa shape index (κ1) is 19.4. The Morgan fingerprint density at radius 2 is 1.86 bits per heavy atom. The average molecular weight is 406 g/mol. The maximum Gasteiger partial charge on any atom is 0.241 e. The van der Waals surface area contributed by atoms with Crippen molar-refractivity contribution < 1.29 is 9.21 Å². The van der Waals surface area contributed by atoms with Gasteiger partial charge in [-0.05, 0) is 55.8 Å². The predicted molar refractivity (Wildman–Crippen MR) is 117 cm³/mol. The summed E-state index contributed by atoms with van der Waals surface area (Å²) in [6.07, 6.45) is 2.42. The molecular weight excluding hydrogens is 382 g/mol. The van der Waals surface area contributed by atoms with E-state index < -0.39 is 0 Å². The zero-order valence-corrected chi connectivity index (χ0v) is 17.2. The molecule has 0 radical (unpaired) electrons. The van der Waals surface area contributed by atoms with Gasteiger partial charge in [0.05, 0.1) is 33.6 Å².